The minimum atomic E-state index is 0.143. The monoisotopic (exact) mass is 292 g/mol. The van der Waals surface area contributed by atoms with Gasteiger partial charge in [0.05, 0.1) is 0 Å². The lowest BCUT2D eigenvalue weighted by molar-refractivity contribution is 0.764. The van der Waals surface area contributed by atoms with Crippen molar-refractivity contribution in [3.8, 4) is 5.95 Å². The second kappa shape index (κ2) is 4.90. The van der Waals surface area contributed by atoms with Crippen LogP contribution in [0.15, 0.2) is 28.0 Å². The Morgan fingerprint density at radius 3 is 2.84 bits per heavy atom. The van der Waals surface area contributed by atoms with Crippen LogP contribution >= 0.6 is 23.1 Å². The number of anilines is 1. The summed E-state index contributed by atoms with van der Waals surface area (Å²) in [4.78, 5) is 12.4. The molecule has 8 nitrogen and oxygen atoms in total. The van der Waals surface area contributed by atoms with E-state index in [1.165, 1.54) is 27.8 Å². The first-order chi connectivity index (χ1) is 9.20. The van der Waals surface area contributed by atoms with Crippen LogP contribution in [0.1, 0.15) is 5.01 Å². The summed E-state index contributed by atoms with van der Waals surface area (Å²) in [6.45, 7) is 1.89. The molecule has 0 atom stereocenters. The Bertz CT molecular complexity index is 692. The van der Waals surface area contributed by atoms with Crippen LogP contribution in [0, 0.1) is 6.92 Å². The van der Waals surface area contributed by atoms with Gasteiger partial charge in [-0.25, -0.2) is 4.68 Å². The summed E-state index contributed by atoms with van der Waals surface area (Å²) in [6.07, 6.45) is 3.37. The minimum Gasteiger partial charge on any atom is -0.368 e. The molecule has 3 heterocycles. The van der Waals surface area contributed by atoms with Gasteiger partial charge in [-0.15, -0.1) is 10.2 Å². The number of rotatable bonds is 3. The molecule has 0 spiro atoms. The largest absolute Gasteiger partial charge is 0.368 e. The number of nitrogens with two attached hydrogens (primary N) is 1. The third-order valence-electron chi connectivity index (χ3n) is 2.02. The second-order valence-electron chi connectivity index (χ2n) is 3.42. The van der Waals surface area contributed by atoms with Gasteiger partial charge in [0.2, 0.25) is 11.1 Å². The van der Waals surface area contributed by atoms with Gasteiger partial charge in [0, 0.05) is 12.4 Å². The number of nitrogen functional groups attached to an aromatic ring is 1. The molecule has 0 fully saturated rings. The van der Waals surface area contributed by atoms with Crippen molar-refractivity contribution < 1.29 is 0 Å². The van der Waals surface area contributed by atoms with Gasteiger partial charge in [0.1, 0.15) is 5.01 Å². The quantitative estimate of drug-likeness (QED) is 0.760. The van der Waals surface area contributed by atoms with Crippen molar-refractivity contribution in [2.45, 2.75) is 16.4 Å². The van der Waals surface area contributed by atoms with Gasteiger partial charge in [-0.2, -0.15) is 20.1 Å². The van der Waals surface area contributed by atoms with Crippen LogP contribution < -0.4 is 5.73 Å². The van der Waals surface area contributed by atoms with E-state index in [1.807, 2.05) is 6.92 Å². The average Bonchev–Trinajstić information content (AvgIpc) is 3.00. The molecule has 0 bridgehead atoms. The van der Waals surface area contributed by atoms with Crippen LogP contribution in [0.5, 0.6) is 0 Å². The van der Waals surface area contributed by atoms with Gasteiger partial charge >= 0.3 is 0 Å². The molecule has 19 heavy (non-hydrogen) atoms. The van der Waals surface area contributed by atoms with Gasteiger partial charge in [-0.3, -0.25) is 0 Å². The zero-order chi connectivity index (χ0) is 13.2. The Kier molecular flexibility index (Phi) is 3.09. The Hall–Kier alpha value is -2.07. The van der Waals surface area contributed by atoms with Crippen LogP contribution in [0.25, 0.3) is 5.95 Å². The first-order valence-corrected chi connectivity index (χ1v) is 6.83. The molecular weight excluding hydrogens is 284 g/mol. The van der Waals surface area contributed by atoms with Crippen LogP contribution in [-0.2, 0) is 0 Å². The molecule has 2 N–H and O–H groups in total. The number of aryl methyl sites for hydroxylation is 1. The van der Waals surface area contributed by atoms with E-state index in [9.17, 15) is 0 Å². The SMILES string of the molecule is Cc1nnc(Sc2nc(N)nc(-n3cccn3)n2)s1. The highest BCUT2D eigenvalue weighted by atomic mass is 32.2. The molecule has 0 aromatic carbocycles. The van der Waals surface area contributed by atoms with Crippen LogP contribution in [0.3, 0.4) is 0 Å². The van der Waals surface area contributed by atoms with E-state index in [4.69, 9.17) is 5.73 Å². The summed E-state index contributed by atoms with van der Waals surface area (Å²) in [5, 5.41) is 13.3. The Morgan fingerprint density at radius 1 is 1.26 bits per heavy atom. The Morgan fingerprint density at radius 2 is 2.16 bits per heavy atom. The van der Waals surface area contributed by atoms with Gasteiger partial charge in [0.15, 0.2) is 4.34 Å². The van der Waals surface area contributed by atoms with Crippen molar-refractivity contribution in [3.05, 3.63) is 23.5 Å². The highest BCUT2D eigenvalue weighted by Crippen LogP contribution is 2.27. The summed E-state index contributed by atoms with van der Waals surface area (Å²) < 4.78 is 2.28. The third kappa shape index (κ3) is 2.69. The number of hydrogen-bond acceptors (Lipinski definition) is 9. The van der Waals surface area contributed by atoms with Crippen LogP contribution in [-0.4, -0.2) is 34.9 Å². The molecule has 3 aromatic rings. The van der Waals surface area contributed by atoms with Crippen LogP contribution in [0.2, 0.25) is 0 Å². The molecule has 3 rings (SSSR count). The van der Waals surface area contributed by atoms with E-state index in [-0.39, 0.29) is 5.95 Å². The van der Waals surface area contributed by atoms with Gasteiger partial charge in [0.25, 0.3) is 5.95 Å². The zero-order valence-electron chi connectivity index (χ0n) is 9.76. The first-order valence-electron chi connectivity index (χ1n) is 5.20. The molecule has 0 unspecified atom stereocenters. The van der Waals surface area contributed by atoms with Crippen molar-refractivity contribution in [1.29, 1.82) is 0 Å². The molecule has 0 saturated heterocycles. The third-order valence-corrected chi connectivity index (χ3v) is 3.77. The number of aromatic nitrogens is 7. The molecule has 10 heteroatoms. The molecule has 0 amide bonds. The van der Waals surface area contributed by atoms with Crippen molar-refractivity contribution in [2.24, 2.45) is 0 Å². The normalized spacial score (nSPS) is 10.8. The van der Waals surface area contributed by atoms with E-state index >= 15 is 0 Å². The van der Waals surface area contributed by atoms with E-state index < -0.39 is 0 Å². The molecule has 0 saturated carbocycles. The molecule has 3 aromatic heterocycles. The van der Waals surface area contributed by atoms with Crippen molar-refractivity contribution in [1.82, 2.24) is 34.9 Å². The lowest BCUT2D eigenvalue weighted by Gasteiger charge is -2.02. The first kappa shape index (κ1) is 12.0. The Labute approximate surface area is 116 Å². The lowest BCUT2D eigenvalue weighted by atomic mass is 10.7. The molecule has 96 valence electrons. The highest BCUT2D eigenvalue weighted by molar-refractivity contribution is 8.00. The maximum atomic E-state index is 5.68. The molecule has 0 aliphatic heterocycles. The summed E-state index contributed by atoms with van der Waals surface area (Å²) in [7, 11) is 0. The smallest absolute Gasteiger partial charge is 0.256 e. The second-order valence-corrected chi connectivity index (χ2v) is 5.81. The summed E-state index contributed by atoms with van der Waals surface area (Å²) in [5.41, 5.74) is 5.68. The zero-order valence-corrected chi connectivity index (χ0v) is 11.4. The fourth-order valence-electron chi connectivity index (χ4n) is 1.29. The van der Waals surface area contributed by atoms with E-state index in [0.29, 0.717) is 11.1 Å². The van der Waals surface area contributed by atoms with Crippen molar-refractivity contribution in [3.63, 3.8) is 0 Å². The molecule has 0 aliphatic carbocycles. The maximum Gasteiger partial charge on any atom is 0.256 e. The van der Waals surface area contributed by atoms with E-state index in [0.717, 1.165) is 9.35 Å². The van der Waals surface area contributed by atoms with Gasteiger partial charge < -0.3 is 5.73 Å². The molecule has 0 radical (unpaired) electrons. The summed E-state index contributed by atoms with van der Waals surface area (Å²) in [6, 6.07) is 1.78. The van der Waals surface area contributed by atoms with E-state index in [1.54, 1.807) is 18.5 Å². The highest BCUT2D eigenvalue weighted by Gasteiger charge is 2.10. The molecule has 0 aliphatic rings. The lowest BCUT2D eigenvalue weighted by Crippen LogP contribution is -2.07. The topological polar surface area (TPSA) is 108 Å². The van der Waals surface area contributed by atoms with Gasteiger partial charge in [-0.1, -0.05) is 11.3 Å². The Balaban J connectivity index is 1.94. The van der Waals surface area contributed by atoms with Crippen LogP contribution in [0.4, 0.5) is 5.95 Å². The fraction of sp³-hybridized carbons (Fsp3) is 0.111. The predicted octanol–water partition coefficient (Wildman–Crippen LogP) is 0.951. The van der Waals surface area contributed by atoms with E-state index in [2.05, 4.69) is 30.2 Å². The van der Waals surface area contributed by atoms with Crippen molar-refractivity contribution >= 4 is 29.0 Å². The minimum absolute atomic E-state index is 0.143. The van der Waals surface area contributed by atoms with Gasteiger partial charge in [-0.05, 0) is 24.8 Å². The summed E-state index contributed by atoms with van der Waals surface area (Å²) >= 11 is 2.76. The average molecular weight is 292 g/mol. The predicted molar refractivity (Wildman–Crippen MR) is 70.1 cm³/mol. The number of nitrogens with zero attached hydrogens (tertiary/aromatic N) is 7. The van der Waals surface area contributed by atoms with Crippen molar-refractivity contribution in [2.75, 3.05) is 5.73 Å². The molecular formula is C9H8N8S2. The fourth-order valence-corrected chi connectivity index (χ4v) is 2.97. The number of hydrogen-bond donors (Lipinski definition) is 1. The standard InChI is InChI=1S/C9H8N8S2/c1-5-15-16-9(18-5)19-8-13-6(10)12-7(14-8)17-4-2-3-11-17/h2-4H,1H3,(H2,10,12,13,14). The summed E-state index contributed by atoms with van der Waals surface area (Å²) in [5.74, 6) is 0.519. The maximum absolute atomic E-state index is 5.68.